The predicted molar refractivity (Wildman–Crippen MR) is 86.4 cm³/mol. The molecule has 1 heterocycles. The van der Waals surface area contributed by atoms with Gasteiger partial charge >= 0.3 is 6.36 Å². The van der Waals surface area contributed by atoms with Crippen molar-refractivity contribution in [3.05, 3.63) is 42.5 Å². The first-order valence-electron chi connectivity index (χ1n) is 7.61. The largest absolute Gasteiger partial charge is 0.573 e. The number of sulfonamides is 1. The topological polar surface area (TPSA) is 83.1 Å². The van der Waals surface area contributed by atoms with Crippen molar-refractivity contribution in [2.24, 2.45) is 0 Å². The van der Waals surface area contributed by atoms with Gasteiger partial charge in [0.1, 0.15) is 18.1 Å². The number of halogens is 3. The fourth-order valence-corrected chi connectivity index (χ4v) is 3.23. The fourth-order valence-electron chi connectivity index (χ4n) is 2.22. The van der Waals surface area contributed by atoms with E-state index >= 15 is 0 Å². The van der Waals surface area contributed by atoms with Crippen molar-refractivity contribution in [2.75, 3.05) is 19.9 Å². The summed E-state index contributed by atoms with van der Waals surface area (Å²) in [5, 5.41) is 0. The molecular formula is C16H14F3NO6S. The van der Waals surface area contributed by atoms with E-state index in [4.69, 9.17) is 14.2 Å². The average molecular weight is 405 g/mol. The van der Waals surface area contributed by atoms with E-state index in [1.165, 1.54) is 0 Å². The average Bonchev–Trinajstić information content (AvgIpc) is 3.05. The molecule has 0 unspecified atom stereocenters. The Morgan fingerprint density at radius 3 is 2.37 bits per heavy atom. The number of hydrogen-bond donors (Lipinski definition) is 1. The minimum Gasteiger partial charge on any atom is -0.492 e. The zero-order chi connectivity index (χ0) is 19.5. The molecule has 27 heavy (non-hydrogen) atoms. The monoisotopic (exact) mass is 405 g/mol. The maximum absolute atomic E-state index is 12.1. The molecule has 0 saturated carbocycles. The third-order valence-electron chi connectivity index (χ3n) is 3.37. The zero-order valence-corrected chi connectivity index (χ0v) is 14.5. The predicted octanol–water partition coefficient (Wildman–Crippen LogP) is 2.67. The SMILES string of the molecule is O=S(=O)(NCCOc1ccc2c(c1)OCO2)c1ccc(OC(F)(F)F)cc1. The van der Waals surface area contributed by atoms with E-state index in [-0.39, 0.29) is 24.8 Å². The number of nitrogens with one attached hydrogen (secondary N) is 1. The van der Waals surface area contributed by atoms with Crippen molar-refractivity contribution in [2.45, 2.75) is 11.3 Å². The van der Waals surface area contributed by atoms with Gasteiger partial charge in [0.15, 0.2) is 11.5 Å². The summed E-state index contributed by atoms with van der Waals surface area (Å²) in [6.07, 6.45) is -4.84. The van der Waals surface area contributed by atoms with Crippen LogP contribution in [-0.4, -0.2) is 34.7 Å². The Morgan fingerprint density at radius 1 is 1.00 bits per heavy atom. The number of fused-ring (bicyclic) bond motifs is 1. The van der Waals surface area contributed by atoms with Gasteiger partial charge in [-0.25, -0.2) is 13.1 Å². The molecule has 0 radical (unpaired) electrons. The Balaban J connectivity index is 1.51. The summed E-state index contributed by atoms with van der Waals surface area (Å²) in [7, 11) is -3.90. The normalized spacial score (nSPS) is 13.4. The molecule has 1 aliphatic rings. The molecule has 1 N–H and O–H groups in total. The first-order chi connectivity index (χ1) is 12.7. The summed E-state index contributed by atoms with van der Waals surface area (Å²) in [5.41, 5.74) is 0. The first kappa shape index (κ1) is 19.1. The van der Waals surface area contributed by atoms with Crippen LogP contribution in [0, 0.1) is 0 Å². The Bertz CT molecular complexity index is 899. The van der Waals surface area contributed by atoms with E-state index in [1.54, 1.807) is 18.2 Å². The van der Waals surface area contributed by atoms with E-state index in [1.807, 2.05) is 0 Å². The molecule has 0 bridgehead atoms. The zero-order valence-electron chi connectivity index (χ0n) is 13.7. The van der Waals surface area contributed by atoms with E-state index in [9.17, 15) is 21.6 Å². The molecule has 0 saturated heterocycles. The number of ether oxygens (including phenoxy) is 4. The number of alkyl halides is 3. The summed E-state index contributed by atoms with van der Waals surface area (Å²) < 4.78 is 82.4. The Hall–Kier alpha value is -2.66. The molecule has 0 aliphatic carbocycles. The molecule has 1 aliphatic heterocycles. The maximum Gasteiger partial charge on any atom is 0.573 e. The van der Waals surface area contributed by atoms with Crippen molar-refractivity contribution in [1.82, 2.24) is 4.72 Å². The second-order valence-electron chi connectivity index (χ2n) is 5.28. The molecule has 146 valence electrons. The Labute approximate surface area is 152 Å². The Morgan fingerprint density at radius 2 is 1.67 bits per heavy atom. The highest BCUT2D eigenvalue weighted by atomic mass is 32.2. The van der Waals surface area contributed by atoms with Crippen LogP contribution < -0.4 is 23.7 Å². The highest BCUT2D eigenvalue weighted by Crippen LogP contribution is 2.35. The van der Waals surface area contributed by atoms with Crippen LogP contribution in [-0.2, 0) is 10.0 Å². The van der Waals surface area contributed by atoms with Crippen LogP contribution in [0.3, 0.4) is 0 Å². The number of rotatable bonds is 7. The van der Waals surface area contributed by atoms with Gasteiger partial charge in [-0.1, -0.05) is 0 Å². The number of benzene rings is 2. The smallest absolute Gasteiger partial charge is 0.492 e. The van der Waals surface area contributed by atoms with Crippen LogP contribution in [0.25, 0.3) is 0 Å². The van der Waals surface area contributed by atoms with Gasteiger partial charge in [0.2, 0.25) is 16.8 Å². The minimum absolute atomic E-state index is 0.0359. The minimum atomic E-state index is -4.84. The molecule has 2 aromatic rings. The lowest BCUT2D eigenvalue weighted by atomic mass is 10.3. The van der Waals surface area contributed by atoms with Crippen LogP contribution in [0.2, 0.25) is 0 Å². The van der Waals surface area contributed by atoms with Crippen LogP contribution in [0.4, 0.5) is 13.2 Å². The summed E-state index contributed by atoms with van der Waals surface area (Å²) in [5.74, 6) is 1.11. The molecule has 11 heteroatoms. The highest BCUT2D eigenvalue weighted by Gasteiger charge is 2.31. The van der Waals surface area contributed by atoms with Crippen molar-refractivity contribution >= 4 is 10.0 Å². The standard InChI is InChI=1S/C16H14F3NO6S/c17-16(18,19)26-11-1-4-13(5-2-11)27(21,22)20-7-8-23-12-3-6-14-15(9-12)25-10-24-14/h1-6,9,20H,7-8,10H2. The molecular weight excluding hydrogens is 391 g/mol. The van der Waals surface area contributed by atoms with E-state index in [0.717, 1.165) is 24.3 Å². The molecule has 3 rings (SSSR count). The van der Waals surface area contributed by atoms with Crippen LogP contribution in [0.15, 0.2) is 47.4 Å². The Kier molecular flexibility index (Phi) is 5.33. The molecule has 0 atom stereocenters. The molecule has 0 amide bonds. The van der Waals surface area contributed by atoms with Gasteiger partial charge in [0.05, 0.1) is 4.90 Å². The quantitative estimate of drug-likeness (QED) is 0.714. The highest BCUT2D eigenvalue weighted by molar-refractivity contribution is 7.89. The third kappa shape index (κ3) is 5.17. The molecule has 2 aromatic carbocycles. The number of hydrogen-bond acceptors (Lipinski definition) is 6. The molecule has 0 fully saturated rings. The van der Waals surface area contributed by atoms with Gasteiger partial charge in [-0.15, -0.1) is 13.2 Å². The summed E-state index contributed by atoms with van der Waals surface area (Å²) in [4.78, 5) is -0.194. The van der Waals surface area contributed by atoms with E-state index in [0.29, 0.717) is 17.2 Å². The summed E-state index contributed by atoms with van der Waals surface area (Å²) in [6.45, 7) is 0.122. The van der Waals surface area contributed by atoms with Crippen molar-refractivity contribution in [1.29, 1.82) is 0 Å². The second-order valence-corrected chi connectivity index (χ2v) is 7.05. The van der Waals surface area contributed by atoms with Gasteiger partial charge in [-0.05, 0) is 36.4 Å². The van der Waals surface area contributed by atoms with Crippen LogP contribution >= 0.6 is 0 Å². The lowest BCUT2D eigenvalue weighted by Crippen LogP contribution is -2.28. The molecule has 0 spiro atoms. The first-order valence-corrected chi connectivity index (χ1v) is 9.09. The van der Waals surface area contributed by atoms with Gasteiger partial charge in [0.25, 0.3) is 0 Å². The van der Waals surface area contributed by atoms with Crippen molar-refractivity contribution in [3.8, 4) is 23.0 Å². The molecule has 7 nitrogen and oxygen atoms in total. The lowest BCUT2D eigenvalue weighted by molar-refractivity contribution is -0.274. The fraction of sp³-hybridized carbons (Fsp3) is 0.250. The van der Waals surface area contributed by atoms with Gasteiger partial charge in [0, 0.05) is 12.6 Å². The van der Waals surface area contributed by atoms with Crippen molar-refractivity contribution < 1.29 is 40.5 Å². The van der Waals surface area contributed by atoms with Gasteiger partial charge < -0.3 is 18.9 Å². The van der Waals surface area contributed by atoms with Crippen molar-refractivity contribution in [3.63, 3.8) is 0 Å². The van der Waals surface area contributed by atoms with Gasteiger partial charge in [-0.3, -0.25) is 0 Å². The maximum atomic E-state index is 12.1. The second kappa shape index (κ2) is 7.53. The summed E-state index contributed by atoms with van der Waals surface area (Å²) in [6, 6.07) is 8.82. The summed E-state index contributed by atoms with van der Waals surface area (Å²) >= 11 is 0. The van der Waals surface area contributed by atoms with Gasteiger partial charge in [-0.2, -0.15) is 0 Å². The van der Waals surface area contributed by atoms with E-state index < -0.39 is 22.1 Å². The third-order valence-corrected chi connectivity index (χ3v) is 4.85. The van der Waals surface area contributed by atoms with Crippen LogP contribution in [0.1, 0.15) is 0 Å². The molecule has 0 aromatic heterocycles. The lowest BCUT2D eigenvalue weighted by Gasteiger charge is -2.11. The van der Waals surface area contributed by atoms with E-state index in [2.05, 4.69) is 9.46 Å². The van der Waals surface area contributed by atoms with Crippen LogP contribution in [0.5, 0.6) is 23.0 Å².